The number of nitrogens with zero attached hydrogens (tertiary/aromatic N) is 2. The molecule has 0 atom stereocenters. The van der Waals surface area contributed by atoms with Crippen LogP contribution in [0.3, 0.4) is 0 Å². The van der Waals surface area contributed by atoms with Gasteiger partial charge in [0.2, 0.25) is 0 Å². The molecular formula is C13H16BrN3O2. The number of benzene rings is 1. The Bertz CT molecular complexity index is 591. The summed E-state index contributed by atoms with van der Waals surface area (Å²) >= 11 is 3.46. The maximum atomic E-state index is 10.1. The summed E-state index contributed by atoms with van der Waals surface area (Å²) in [7, 11) is 0. The first-order valence-electron chi connectivity index (χ1n) is 6.34. The first-order chi connectivity index (χ1) is 9.11. The van der Waals surface area contributed by atoms with E-state index in [1.54, 1.807) is 0 Å². The number of aromatic nitrogens is 1. The van der Waals surface area contributed by atoms with Crippen LogP contribution in [0.25, 0.3) is 11.0 Å². The van der Waals surface area contributed by atoms with Crippen LogP contribution < -0.4 is 10.6 Å². The first kappa shape index (κ1) is 12.9. The molecule has 3 N–H and O–H groups in total. The summed E-state index contributed by atoms with van der Waals surface area (Å²) in [5.41, 5.74) is 5.65. The number of aliphatic hydroxyl groups is 1. The maximum absolute atomic E-state index is 10.1. The summed E-state index contributed by atoms with van der Waals surface area (Å²) in [6, 6.07) is 5.83. The van der Waals surface area contributed by atoms with Crippen molar-refractivity contribution in [3.63, 3.8) is 0 Å². The van der Waals surface area contributed by atoms with Crippen molar-refractivity contribution in [1.29, 1.82) is 0 Å². The van der Waals surface area contributed by atoms with E-state index in [4.69, 9.17) is 10.3 Å². The van der Waals surface area contributed by atoms with Gasteiger partial charge in [-0.2, -0.15) is 0 Å². The molecule has 5 nitrogen and oxygen atoms in total. The van der Waals surface area contributed by atoms with Crippen molar-refractivity contribution >= 4 is 32.7 Å². The first-order valence-corrected chi connectivity index (χ1v) is 7.13. The number of fused-ring (bicyclic) bond motifs is 1. The number of nitrogens with two attached hydrogens (primary N) is 1. The van der Waals surface area contributed by atoms with E-state index in [-0.39, 0.29) is 0 Å². The molecule has 0 aliphatic carbocycles. The summed E-state index contributed by atoms with van der Waals surface area (Å²) in [5.74, 6) is 0.843. The van der Waals surface area contributed by atoms with Crippen molar-refractivity contribution < 1.29 is 9.63 Å². The van der Waals surface area contributed by atoms with E-state index in [1.807, 2.05) is 18.2 Å². The van der Waals surface area contributed by atoms with Gasteiger partial charge in [-0.1, -0.05) is 21.1 Å². The molecule has 0 saturated carbocycles. The number of anilines is 1. The number of hydrogen-bond acceptors (Lipinski definition) is 5. The van der Waals surface area contributed by atoms with Gasteiger partial charge in [0, 0.05) is 24.1 Å². The van der Waals surface area contributed by atoms with Gasteiger partial charge in [0.05, 0.1) is 11.0 Å². The van der Waals surface area contributed by atoms with E-state index in [0.717, 1.165) is 34.3 Å². The summed E-state index contributed by atoms with van der Waals surface area (Å²) in [4.78, 5) is 2.14. The van der Waals surface area contributed by atoms with Gasteiger partial charge in [0.1, 0.15) is 0 Å². The van der Waals surface area contributed by atoms with E-state index in [0.29, 0.717) is 19.4 Å². The molecule has 2 heterocycles. The fourth-order valence-electron chi connectivity index (χ4n) is 2.47. The van der Waals surface area contributed by atoms with Crippen molar-refractivity contribution in [2.24, 2.45) is 5.73 Å². The number of hydrogen-bond donors (Lipinski definition) is 2. The van der Waals surface area contributed by atoms with Gasteiger partial charge in [-0.25, -0.2) is 0 Å². The second-order valence-electron chi connectivity index (χ2n) is 5.06. The predicted molar refractivity (Wildman–Crippen MR) is 77.2 cm³/mol. The van der Waals surface area contributed by atoms with Crippen molar-refractivity contribution in [3.05, 3.63) is 22.7 Å². The molecule has 1 fully saturated rings. The highest BCUT2D eigenvalue weighted by atomic mass is 79.9. The van der Waals surface area contributed by atoms with Gasteiger partial charge < -0.3 is 20.3 Å². The quantitative estimate of drug-likeness (QED) is 0.881. The molecule has 3 rings (SSSR count). The van der Waals surface area contributed by atoms with Crippen LogP contribution in [-0.4, -0.2) is 35.5 Å². The highest BCUT2D eigenvalue weighted by Crippen LogP contribution is 2.32. The van der Waals surface area contributed by atoms with Crippen molar-refractivity contribution in [3.8, 4) is 0 Å². The topological polar surface area (TPSA) is 75.5 Å². The summed E-state index contributed by atoms with van der Waals surface area (Å²) in [6.07, 6.45) is 1.32. The molecule has 0 unspecified atom stereocenters. The molecule has 0 amide bonds. The Morgan fingerprint density at radius 3 is 2.84 bits per heavy atom. The molecule has 1 aromatic carbocycles. The highest BCUT2D eigenvalue weighted by molar-refractivity contribution is 9.10. The fraction of sp³-hybridized carbons (Fsp3) is 0.462. The van der Waals surface area contributed by atoms with Crippen molar-refractivity contribution in [2.75, 3.05) is 24.5 Å². The second kappa shape index (κ2) is 4.77. The van der Waals surface area contributed by atoms with E-state index < -0.39 is 5.60 Å². The van der Waals surface area contributed by atoms with Crippen molar-refractivity contribution in [2.45, 2.75) is 18.4 Å². The number of rotatable bonds is 2. The third-order valence-corrected chi connectivity index (χ3v) is 4.28. The lowest BCUT2D eigenvalue weighted by Crippen LogP contribution is -2.48. The molecule has 0 spiro atoms. The minimum Gasteiger partial charge on any atom is -0.388 e. The van der Waals surface area contributed by atoms with Gasteiger partial charge >= 0.3 is 0 Å². The summed E-state index contributed by atoms with van der Waals surface area (Å²) in [5, 5.41) is 15.3. The van der Waals surface area contributed by atoms with Gasteiger partial charge in [-0.15, -0.1) is 0 Å². The van der Waals surface area contributed by atoms with Crippen LogP contribution in [0.5, 0.6) is 0 Å². The zero-order valence-corrected chi connectivity index (χ0v) is 12.1. The monoisotopic (exact) mass is 325 g/mol. The lowest BCUT2D eigenvalue weighted by atomic mass is 9.91. The highest BCUT2D eigenvalue weighted by Gasteiger charge is 2.32. The lowest BCUT2D eigenvalue weighted by Gasteiger charge is -2.37. The Kier molecular flexibility index (Phi) is 3.24. The normalized spacial score (nSPS) is 19.0. The maximum Gasteiger partial charge on any atom is 0.179 e. The third-order valence-electron chi connectivity index (χ3n) is 3.79. The second-order valence-corrected chi connectivity index (χ2v) is 5.98. The standard InChI is InChI=1S/C13H16BrN3O2/c14-9-1-2-11-10(7-9)12(16-19-11)17-5-3-13(18,8-15)4-6-17/h1-2,7,18H,3-6,8,15H2. The van der Waals surface area contributed by atoms with Crippen LogP contribution >= 0.6 is 15.9 Å². The molecule has 19 heavy (non-hydrogen) atoms. The number of piperidine rings is 1. The van der Waals surface area contributed by atoms with Crippen LogP contribution in [0.2, 0.25) is 0 Å². The van der Waals surface area contributed by atoms with E-state index in [1.165, 1.54) is 0 Å². The zero-order chi connectivity index (χ0) is 13.5. The van der Waals surface area contributed by atoms with Gasteiger partial charge in [0.15, 0.2) is 11.4 Å². The van der Waals surface area contributed by atoms with E-state index in [9.17, 15) is 5.11 Å². The van der Waals surface area contributed by atoms with Crippen molar-refractivity contribution in [1.82, 2.24) is 5.16 Å². The Labute approximate surface area is 119 Å². The van der Waals surface area contributed by atoms with Crippen LogP contribution in [0.15, 0.2) is 27.2 Å². The molecular weight excluding hydrogens is 310 g/mol. The minimum absolute atomic E-state index is 0.311. The van der Waals surface area contributed by atoms with Gasteiger partial charge in [0.25, 0.3) is 0 Å². The SMILES string of the molecule is NCC1(O)CCN(c2noc3ccc(Br)cc23)CC1. The predicted octanol–water partition coefficient (Wildman–Crippen LogP) is 1.88. The molecule has 6 heteroatoms. The Morgan fingerprint density at radius 1 is 1.42 bits per heavy atom. The molecule has 1 aliphatic heterocycles. The van der Waals surface area contributed by atoms with Crippen LogP contribution in [0.1, 0.15) is 12.8 Å². The van der Waals surface area contributed by atoms with E-state index in [2.05, 4.69) is 26.0 Å². The number of halogens is 1. The van der Waals surface area contributed by atoms with Gasteiger partial charge in [-0.3, -0.25) is 0 Å². The molecule has 1 aliphatic rings. The van der Waals surface area contributed by atoms with Gasteiger partial charge in [-0.05, 0) is 31.0 Å². The minimum atomic E-state index is -0.726. The smallest absolute Gasteiger partial charge is 0.179 e. The Hall–Kier alpha value is -1.11. The average molecular weight is 326 g/mol. The Balaban J connectivity index is 1.88. The summed E-state index contributed by atoms with van der Waals surface area (Å²) in [6.45, 7) is 1.79. The molecule has 1 saturated heterocycles. The average Bonchev–Trinajstić information content (AvgIpc) is 2.83. The summed E-state index contributed by atoms with van der Waals surface area (Å²) < 4.78 is 6.34. The zero-order valence-electron chi connectivity index (χ0n) is 10.5. The molecule has 2 aromatic rings. The fourth-order valence-corrected chi connectivity index (χ4v) is 2.83. The van der Waals surface area contributed by atoms with Crippen LogP contribution in [-0.2, 0) is 0 Å². The largest absolute Gasteiger partial charge is 0.388 e. The lowest BCUT2D eigenvalue weighted by molar-refractivity contribution is 0.0248. The molecule has 102 valence electrons. The molecule has 1 aromatic heterocycles. The van der Waals surface area contributed by atoms with Crippen LogP contribution in [0.4, 0.5) is 5.82 Å². The van der Waals surface area contributed by atoms with Crippen LogP contribution in [0, 0.1) is 0 Å². The van der Waals surface area contributed by atoms with E-state index >= 15 is 0 Å². The Morgan fingerprint density at radius 2 is 2.16 bits per heavy atom. The molecule has 0 radical (unpaired) electrons. The third kappa shape index (κ3) is 2.35. The molecule has 0 bridgehead atoms.